The molecule has 0 saturated carbocycles. The molecule has 0 aliphatic carbocycles. The highest BCUT2D eigenvalue weighted by atomic mass is 35.5. The Morgan fingerprint density at radius 2 is 2.11 bits per heavy atom. The van der Waals surface area contributed by atoms with Crippen LogP contribution in [0.4, 0.5) is 5.69 Å². The monoisotopic (exact) mass is 281 g/mol. The number of nitrogens with one attached hydrogen (secondary N) is 1. The van der Waals surface area contributed by atoms with Crippen LogP contribution in [0.5, 0.6) is 0 Å². The average Bonchev–Trinajstić information content (AvgIpc) is 2.93. The first-order valence-electron chi connectivity index (χ1n) is 5.84. The second-order valence-corrected chi connectivity index (χ2v) is 4.28. The molecule has 0 aliphatic heterocycles. The van der Waals surface area contributed by atoms with Crippen molar-refractivity contribution in [2.24, 2.45) is 0 Å². The van der Waals surface area contributed by atoms with E-state index in [0.29, 0.717) is 11.6 Å². The first-order chi connectivity index (χ1) is 9.26. The molecular weight excluding hydrogens is 266 g/mol. The molecule has 0 unspecified atom stereocenters. The van der Waals surface area contributed by atoms with E-state index in [1.165, 1.54) is 0 Å². The van der Waals surface area contributed by atoms with Crippen LogP contribution in [0.2, 0.25) is 5.02 Å². The van der Waals surface area contributed by atoms with E-state index in [9.17, 15) is 0 Å². The Balaban J connectivity index is 2.23. The van der Waals surface area contributed by atoms with E-state index in [1.54, 1.807) is 25.1 Å². The second-order valence-electron chi connectivity index (χ2n) is 3.87. The molecule has 0 saturated heterocycles. The summed E-state index contributed by atoms with van der Waals surface area (Å²) in [6.45, 7) is 0.515. The van der Waals surface area contributed by atoms with Crippen molar-refractivity contribution in [2.45, 2.75) is 6.29 Å². The molecule has 0 atom stereocenters. The van der Waals surface area contributed by atoms with Gasteiger partial charge in [-0.05, 0) is 18.2 Å². The lowest BCUT2D eigenvalue weighted by atomic mass is 10.2. The Morgan fingerprint density at radius 1 is 1.32 bits per heavy atom. The summed E-state index contributed by atoms with van der Waals surface area (Å²) >= 11 is 6.24. The van der Waals surface area contributed by atoms with Crippen LogP contribution in [0.15, 0.2) is 36.7 Å². The molecule has 2 rings (SSSR count). The quantitative estimate of drug-likeness (QED) is 0.827. The minimum absolute atomic E-state index is 0.315. The fraction of sp³-hybridized carbons (Fsp3) is 0.308. The number of rotatable bonds is 6. The van der Waals surface area contributed by atoms with E-state index < -0.39 is 0 Å². The lowest BCUT2D eigenvalue weighted by Gasteiger charge is -2.17. The molecule has 1 aromatic heterocycles. The Hall–Kier alpha value is -1.56. The highest BCUT2D eigenvalue weighted by Crippen LogP contribution is 2.27. The van der Waals surface area contributed by atoms with Crippen LogP contribution in [-0.2, 0) is 9.47 Å². The zero-order chi connectivity index (χ0) is 13.7. The van der Waals surface area contributed by atoms with Crippen molar-refractivity contribution in [3.05, 3.63) is 41.7 Å². The van der Waals surface area contributed by atoms with E-state index in [4.69, 9.17) is 21.1 Å². The lowest BCUT2D eigenvalue weighted by Crippen LogP contribution is -2.24. The van der Waals surface area contributed by atoms with Crippen molar-refractivity contribution in [2.75, 3.05) is 26.1 Å². The molecule has 1 N–H and O–H groups in total. The molecule has 0 amide bonds. The SMILES string of the molecule is COC(CNc1cccc(Cl)c1-n1cccn1)OC. The molecule has 1 aromatic carbocycles. The summed E-state index contributed by atoms with van der Waals surface area (Å²) < 4.78 is 12.0. The number of halogens is 1. The van der Waals surface area contributed by atoms with Gasteiger partial charge in [0.15, 0.2) is 6.29 Å². The van der Waals surface area contributed by atoms with Crippen molar-refractivity contribution in [3.63, 3.8) is 0 Å². The molecule has 0 spiro atoms. The Bertz CT molecular complexity index is 513. The third-order valence-corrected chi connectivity index (χ3v) is 3.01. The highest BCUT2D eigenvalue weighted by Gasteiger charge is 2.11. The first-order valence-corrected chi connectivity index (χ1v) is 6.22. The number of methoxy groups -OCH3 is 2. The maximum atomic E-state index is 6.24. The minimum Gasteiger partial charge on any atom is -0.378 e. The van der Waals surface area contributed by atoms with Gasteiger partial charge in [-0.25, -0.2) is 4.68 Å². The summed E-state index contributed by atoms with van der Waals surface area (Å²) in [5.41, 5.74) is 1.68. The predicted molar refractivity (Wildman–Crippen MR) is 74.9 cm³/mol. The summed E-state index contributed by atoms with van der Waals surface area (Å²) in [5.74, 6) is 0. The fourth-order valence-corrected chi connectivity index (χ4v) is 2.01. The van der Waals surface area contributed by atoms with E-state index in [-0.39, 0.29) is 6.29 Å². The zero-order valence-electron chi connectivity index (χ0n) is 10.8. The maximum absolute atomic E-state index is 6.24. The van der Waals surface area contributed by atoms with Gasteiger partial charge in [0.2, 0.25) is 0 Å². The van der Waals surface area contributed by atoms with E-state index in [1.807, 2.05) is 30.5 Å². The van der Waals surface area contributed by atoms with Crippen molar-refractivity contribution in [3.8, 4) is 5.69 Å². The second kappa shape index (κ2) is 6.56. The number of anilines is 1. The first kappa shape index (κ1) is 13.9. The van der Waals surface area contributed by atoms with Crippen LogP contribution >= 0.6 is 11.6 Å². The lowest BCUT2D eigenvalue weighted by molar-refractivity contribution is -0.0914. The highest BCUT2D eigenvalue weighted by molar-refractivity contribution is 6.33. The molecule has 0 aliphatic rings. The molecule has 102 valence electrons. The number of hydrogen-bond donors (Lipinski definition) is 1. The van der Waals surface area contributed by atoms with Gasteiger partial charge in [0.05, 0.1) is 17.3 Å². The predicted octanol–water partition coefficient (Wildman–Crippen LogP) is 2.56. The minimum atomic E-state index is -0.315. The van der Waals surface area contributed by atoms with E-state index in [0.717, 1.165) is 11.4 Å². The Kier molecular flexibility index (Phi) is 4.79. The summed E-state index contributed by atoms with van der Waals surface area (Å²) in [6, 6.07) is 7.49. The molecule has 0 fully saturated rings. The van der Waals surface area contributed by atoms with Crippen LogP contribution in [0.3, 0.4) is 0 Å². The molecule has 6 heteroatoms. The van der Waals surface area contributed by atoms with Crippen LogP contribution in [0, 0.1) is 0 Å². The van der Waals surface area contributed by atoms with Gasteiger partial charge >= 0.3 is 0 Å². The summed E-state index contributed by atoms with van der Waals surface area (Å²) in [7, 11) is 3.20. The van der Waals surface area contributed by atoms with Gasteiger partial charge < -0.3 is 14.8 Å². The topological polar surface area (TPSA) is 48.3 Å². The van der Waals surface area contributed by atoms with Crippen molar-refractivity contribution in [1.29, 1.82) is 0 Å². The summed E-state index contributed by atoms with van der Waals surface area (Å²) in [6.07, 6.45) is 3.24. The van der Waals surface area contributed by atoms with Gasteiger partial charge in [0.1, 0.15) is 5.69 Å². The third-order valence-electron chi connectivity index (χ3n) is 2.71. The van der Waals surface area contributed by atoms with Gasteiger partial charge in [0, 0.05) is 26.6 Å². The average molecular weight is 282 g/mol. The van der Waals surface area contributed by atoms with Crippen molar-refractivity contribution < 1.29 is 9.47 Å². The van der Waals surface area contributed by atoms with E-state index >= 15 is 0 Å². The third kappa shape index (κ3) is 3.26. The van der Waals surface area contributed by atoms with Crippen molar-refractivity contribution >= 4 is 17.3 Å². The molecule has 0 bridgehead atoms. The molecule has 19 heavy (non-hydrogen) atoms. The summed E-state index contributed by atoms with van der Waals surface area (Å²) in [5, 5.41) is 8.08. The number of hydrogen-bond acceptors (Lipinski definition) is 4. The van der Waals surface area contributed by atoms with Crippen molar-refractivity contribution in [1.82, 2.24) is 9.78 Å². The number of para-hydroxylation sites is 1. The van der Waals surface area contributed by atoms with Gasteiger partial charge in [-0.3, -0.25) is 0 Å². The largest absolute Gasteiger partial charge is 0.378 e. The van der Waals surface area contributed by atoms with Crippen LogP contribution in [-0.4, -0.2) is 36.8 Å². The maximum Gasteiger partial charge on any atom is 0.173 e. The smallest absolute Gasteiger partial charge is 0.173 e. The van der Waals surface area contributed by atoms with Crippen LogP contribution < -0.4 is 5.32 Å². The van der Waals surface area contributed by atoms with Crippen LogP contribution in [0.1, 0.15) is 0 Å². The van der Waals surface area contributed by atoms with E-state index in [2.05, 4.69) is 10.4 Å². The molecule has 1 heterocycles. The number of aromatic nitrogens is 2. The van der Waals surface area contributed by atoms with Gasteiger partial charge in [-0.1, -0.05) is 17.7 Å². The Morgan fingerprint density at radius 3 is 2.74 bits per heavy atom. The summed E-state index contributed by atoms with van der Waals surface area (Å²) in [4.78, 5) is 0. The van der Waals surface area contributed by atoms with Gasteiger partial charge in [-0.2, -0.15) is 5.10 Å². The number of ether oxygens (including phenoxy) is 2. The zero-order valence-corrected chi connectivity index (χ0v) is 11.6. The van der Waals surface area contributed by atoms with Gasteiger partial charge in [-0.15, -0.1) is 0 Å². The molecule has 0 radical (unpaired) electrons. The number of benzene rings is 1. The van der Waals surface area contributed by atoms with Gasteiger partial charge in [0.25, 0.3) is 0 Å². The molecule has 5 nitrogen and oxygen atoms in total. The molecular formula is C13H16ClN3O2. The normalized spacial score (nSPS) is 10.9. The fourth-order valence-electron chi connectivity index (χ4n) is 1.75. The standard InChI is InChI=1S/C13H16ClN3O2/c1-18-12(19-2)9-15-11-6-3-5-10(14)13(11)17-8-4-7-16-17/h3-8,12,15H,9H2,1-2H3. The molecule has 2 aromatic rings. The number of nitrogens with zero attached hydrogens (tertiary/aromatic N) is 2. The van der Waals surface area contributed by atoms with Crippen LogP contribution in [0.25, 0.3) is 5.69 Å². The Labute approximate surface area is 117 Å².